The first-order chi connectivity index (χ1) is 5.35. The van der Waals surface area contributed by atoms with E-state index < -0.39 is 0 Å². The molecule has 0 fully saturated rings. The van der Waals surface area contributed by atoms with Gasteiger partial charge in [0.15, 0.2) is 0 Å². The summed E-state index contributed by atoms with van der Waals surface area (Å²) < 4.78 is 12.9. The maximum absolute atomic E-state index is 5.10. The number of unbranched alkanes of at least 4 members (excludes halogenated alkanes) is 1. The van der Waals surface area contributed by atoms with Crippen molar-refractivity contribution >= 4 is 21.1 Å². The molecule has 0 saturated heterocycles. The predicted octanol–water partition coefficient (Wildman–Crippen LogP) is 1.95. The Kier molecular flexibility index (Phi) is 9.39. The fraction of sp³-hybridized carbons (Fsp3) is 1.00. The zero-order valence-electron chi connectivity index (χ0n) is 7.72. The molecular formula is C8H18O2Sn. The molecule has 0 rings (SSSR count). The summed E-state index contributed by atoms with van der Waals surface area (Å²) in [6, 6.07) is 0. The number of ether oxygens (including phenoxy) is 2. The Hall–Kier alpha value is 0.719. The predicted molar refractivity (Wildman–Crippen MR) is 48.1 cm³/mol. The average Bonchev–Trinajstić information content (AvgIpc) is 2.05. The van der Waals surface area contributed by atoms with Crippen molar-refractivity contribution in [2.75, 3.05) is 14.2 Å². The SMILES string of the molecule is CCC[CH2][Sn][CH2]C(OC)OC. The minimum atomic E-state index is -0.172. The first kappa shape index (κ1) is 11.7. The quantitative estimate of drug-likeness (QED) is 0.398. The summed E-state index contributed by atoms with van der Waals surface area (Å²) in [5.41, 5.74) is 0. The maximum atomic E-state index is 5.10. The van der Waals surface area contributed by atoms with Gasteiger partial charge in [-0.1, -0.05) is 0 Å². The van der Waals surface area contributed by atoms with Crippen LogP contribution in [0.1, 0.15) is 19.8 Å². The van der Waals surface area contributed by atoms with Crippen LogP contribution >= 0.6 is 0 Å². The fourth-order valence-electron chi connectivity index (χ4n) is 0.785. The second-order valence-electron chi connectivity index (χ2n) is 2.46. The third kappa shape index (κ3) is 7.09. The zero-order chi connectivity index (χ0) is 8.53. The van der Waals surface area contributed by atoms with Crippen molar-refractivity contribution in [3.05, 3.63) is 0 Å². The van der Waals surface area contributed by atoms with E-state index >= 15 is 0 Å². The summed E-state index contributed by atoms with van der Waals surface area (Å²) >= 11 is -0.172. The second-order valence-corrected chi connectivity index (χ2v) is 6.48. The molecule has 2 nitrogen and oxygen atoms in total. The van der Waals surface area contributed by atoms with Crippen molar-refractivity contribution < 1.29 is 9.47 Å². The first-order valence-corrected chi connectivity index (χ1v) is 8.15. The van der Waals surface area contributed by atoms with Crippen LogP contribution in [0.3, 0.4) is 0 Å². The van der Waals surface area contributed by atoms with Crippen LogP contribution in [0.4, 0.5) is 0 Å². The van der Waals surface area contributed by atoms with Gasteiger partial charge in [-0.25, -0.2) is 0 Å². The van der Waals surface area contributed by atoms with Crippen molar-refractivity contribution in [3.8, 4) is 0 Å². The van der Waals surface area contributed by atoms with Crippen LogP contribution < -0.4 is 0 Å². The molecule has 3 heteroatoms. The topological polar surface area (TPSA) is 18.5 Å². The van der Waals surface area contributed by atoms with Gasteiger partial charge in [0, 0.05) is 0 Å². The van der Waals surface area contributed by atoms with Gasteiger partial charge in [0.25, 0.3) is 0 Å². The second kappa shape index (κ2) is 8.81. The normalized spacial score (nSPS) is 10.9. The molecular weight excluding hydrogens is 247 g/mol. The van der Waals surface area contributed by atoms with E-state index in [1.165, 1.54) is 21.7 Å². The van der Waals surface area contributed by atoms with Crippen molar-refractivity contribution in [2.45, 2.75) is 34.9 Å². The van der Waals surface area contributed by atoms with Crippen LogP contribution in [0, 0.1) is 0 Å². The first-order valence-electron chi connectivity index (χ1n) is 4.11. The standard InChI is InChI=1S/C4H9O2.C4H9.Sn/c1-4(5-2)6-3;1-3-4-2;/h4H,1H2,2-3H3;1,3-4H2,2H3;. The molecule has 0 aromatic heterocycles. The summed E-state index contributed by atoms with van der Waals surface area (Å²) in [5, 5.41) is 0. The molecule has 0 unspecified atom stereocenters. The van der Waals surface area contributed by atoms with E-state index in [0.717, 1.165) is 0 Å². The average molecular weight is 265 g/mol. The van der Waals surface area contributed by atoms with E-state index in [-0.39, 0.29) is 27.4 Å². The van der Waals surface area contributed by atoms with Crippen LogP contribution in [0.5, 0.6) is 0 Å². The monoisotopic (exact) mass is 266 g/mol. The Balaban J connectivity index is 3.07. The Bertz CT molecular complexity index is 74.5. The van der Waals surface area contributed by atoms with Crippen molar-refractivity contribution in [2.24, 2.45) is 0 Å². The molecule has 0 aliphatic carbocycles. The molecule has 66 valence electrons. The number of methoxy groups -OCH3 is 2. The van der Waals surface area contributed by atoms with Crippen LogP contribution in [-0.4, -0.2) is 41.7 Å². The Morgan fingerprint density at radius 1 is 1.27 bits per heavy atom. The zero-order valence-corrected chi connectivity index (χ0v) is 10.6. The number of hydrogen-bond donors (Lipinski definition) is 0. The van der Waals surface area contributed by atoms with E-state index in [9.17, 15) is 0 Å². The van der Waals surface area contributed by atoms with Crippen LogP contribution in [0.25, 0.3) is 0 Å². The Morgan fingerprint density at radius 2 is 1.91 bits per heavy atom. The third-order valence-corrected chi connectivity index (χ3v) is 5.34. The van der Waals surface area contributed by atoms with Gasteiger partial charge in [0.05, 0.1) is 0 Å². The van der Waals surface area contributed by atoms with E-state index in [0.29, 0.717) is 0 Å². The molecule has 0 heterocycles. The van der Waals surface area contributed by atoms with Gasteiger partial charge in [-0.3, -0.25) is 0 Å². The van der Waals surface area contributed by atoms with Gasteiger partial charge < -0.3 is 0 Å². The molecule has 0 aromatic carbocycles. The minimum absolute atomic E-state index is 0.0819. The van der Waals surface area contributed by atoms with Crippen molar-refractivity contribution in [1.29, 1.82) is 0 Å². The number of hydrogen-bond acceptors (Lipinski definition) is 2. The molecule has 0 bridgehead atoms. The molecule has 0 atom stereocenters. The Labute approximate surface area is 79.9 Å². The molecule has 0 aliphatic heterocycles. The van der Waals surface area contributed by atoms with Gasteiger partial charge in [-0.05, 0) is 0 Å². The molecule has 0 spiro atoms. The van der Waals surface area contributed by atoms with Crippen molar-refractivity contribution in [3.63, 3.8) is 0 Å². The Morgan fingerprint density at radius 3 is 2.36 bits per heavy atom. The van der Waals surface area contributed by atoms with Gasteiger partial charge >= 0.3 is 79.8 Å². The van der Waals surface area contributed by atoms with Crippen molar-refractivity contribution in [1.82, 2.24) is 0 Å². The molecule has 2 radical (unpaired) electrons. The molecule has 0 saturated carbocycles. The summed E-state index contributed by atoms with van der Waals surface area (Å²) in [5.74, 6) is 0. The molecule has 0 N–H and O–H groups in total. The molecule has 0 aromatic rings. The van der Waals surface area contributed by atoms with Crippen LogP contribution in [0.2, 0.25) is 8.87 Å². The van der Waals surface area contributed by atoms with E-state index in [4.69, 9.17) is 9.47 Å². The summed E-state index contributed by atoms with van der Waals surface area (Å²) in [6.07, 6.45) is 2.80. The van der Waals surface area contributed by atoms with Gasteiger partial charge in [-0.15, -0.1) is 0 Å². The molecule has 0 aliphatic rings. The van der Waals surface area contributed by atoms with E-state index in [1.54, 1.807) is 14.2 Å². The van der Waals surface area contributed by atoms with Gasteiger partial charge in [-0.2, -0.15) is 0 Å². The van der Waals surface area contributed by atoms with Gasteiger partial charge in [0.1, 0.15) is 0 Å². The fourth-order valence-corrected chi connectivity index (χ4v) is 4.71. The molecule has 11 heavy (non-hydrogen) atoms. The molecule has 0 amide bonds. The summed E-state index contributed by atoms with van der Waals surface area (Å²) in [4.78, 5) is 0. The van der Waals surface area contributed by atoms with Crippen LogP contribution in [0.15, 0.2) is 0 Å². The van der Waals surface area contributed by atoms with Gasteiger partial charge in [0.2, 0.25) is 0 Å². The number of rotatable bonds is 7. The van der Waals surface area contributed by atoms with E-state index in [2.05, 4.69) is 6.92 Å². The van der Waals surface area contributed by atoms with Crippen LogP contribution in [-0.2, 0) is 9.47 Å². The van der Waals surface area contributed by atoms with E-state index in [1.807, 2.05) is 0 Å². The summed E-state index contributed by atoms with van der Waals surface area (Å²) in [6.45, 7) is 2.24. The third-order valence-electron chi connectivity index (χ3n) is 1.54. The summed E-state index contributed by atoms with van der Waals surface area (Å²) in [7, 11) is 3.43.